The first-order valence-corrected chi connectivity index (χ1v) is 10.1. The molecule has 4 rings (SSSR count). The van der Waals surface area contributed by atoms with Crippen molar-refractivity contribution in [2.45, 2.75) is 63.5 Å². The molecule has 0 aromatic carbocycles. The van der Waals surface area contributed by atoms with Crippen molar-refractivity contribution in [1.82, 2.24) is 34.8 Å². The van der Waals surface area contributed by atoms with Crippen molar-refractivity contribution in [1.29, 1.82) is 0 Å². The number of carbonyl (C=O) groups is 1. The van der Waals surface area contributed by atoms with Gasteiger partial charge in [0.2, 0.25) is 0 Å². The average Bonchev–Trinajstić information content (AvgIpc) is 3.34. The number of carbonyl (C=O) groups excluding carboxylic acids is 1. The average molecular weight is 371 g/mol. The predicted octanol–water partition coefficient (Wildman–Crippen LogP) is 2.28. The van der Waals surface area contributed by atoms with Gasteiger partial charge in [-0.25, -0.2) is 4.79 Å². The summed E-state index contributed by atoms with van der Waals surface area (Å²) in [5, 5.41) is 16.3. The molecule has 8 nitrogen and oxygen atoms in total. The van der Waals surface area contributed by atoms with E-state index in [-0.39, 0.29) is 6.03 Å². The molecule has 2 aromatic heterocycles. The Morgan fingerprint density at radius 2 is 1.93 bits per heavy atom. The van der Waals surface area contributed by atoms with Crippen LogP contribution >= 0.6 is 0 Å². The van der Waals surface area contributed by atoms with Crippen LogP contribution in [0.5, 0.6) is 0 Å². The van der Waals surface area contributed by atoms with Gasteiger partial charge >= 0.3 is 6.03 Å². The van der Waals surface area contributed by atoms with E-state index in [1.54, 1.807) is 6.20 Å². The number of urea groups is 1. The van der Waals surface area contributed by atoms with Crippen LogP contribution in [0.3, 0.4) is 0 Å². The number of likely N-dealkylation sites (tertiary alicyclic amines) is 1. The molecule has 2 amide bonds. The lowest BCUT2D eigenvalue weighted by atomic mass is 9.95. The van der Waals surface area contributed by atoms with E-state index in [0.29, 0.717) is 18.5 Å². The molecular formula is C19H29N7O. The molecule has 1 saturated carbocycles. The van der Waals surface area contributed by atoms with Crippen molar-refractivity contribution in [2.75, 3.05) is 13.1 Å². The number of nitrogens with one attached hydrogen (secondary N) is 1. The molecule has 2 aliphatic rings. The highest BCUT2D eigenvalue weighted by Gasteiger charge is 2.28. The Hall–Kier alpha value is -2.38. The van der Waals surface area contributed by atoms with Crippen molar-refractivity contribution in [3.63, 3.8) is 0 Å². The lowest BCUT2D eigenvalue weighted by Crippen LogP contribution is -2.48. The van der Waals surface area contributed by atoms with E-state index < -0.39 is 0 Å². The third-order valence-electron chi connectivity index (χ3n) is 5.94. The van der Waals surface area contributed by atoms with Crippen LogP contribution in [-0.2, 0) is 13.6 Å². The zero-order valence-corrected chi connectivity index (χ0v) is 16.0. The van der Waals surface area contributed by atoms with Gasteiger partial charge in [0.25, 0.3) is 0 Å². The summed E-state index contributed by atoms with van der Waals surface area (Å²) in [7, 11) is 2.02. The summed E-state index contributed by atoms with van der Waals surface area (Å²) < 4.78 is 3.94. The fourth-order valence-electron chi connectivity index (χ4n) is 4.26. The standard InChI is InChI=1S/C19H29N7O/c1-24-17(14-26-11-5-10-20-26)22-23-18(24)15-8-12-25(13-9-15)19(27)21-16-6-3-2-4-7-16/h5,10-11,15-16H,2-4,6-9,12-14H2,1H3,(H,21,27). The zero-order valence-electron chi connectivity index (χ0n) is 16.0. The Morgan fingerprint density at radius 1 is 1.15 bits per heavy atom. The molecule has 0 atom stereocenters. The Bertz CT molecular complexity index is 740. The van der Waals surface area contributed by atoms with E-state index in [2.05, 4.69) is 25.2 Å². The first kappa shape index (κ1) is 18.0. The predicted molar refractivity (Wildman–Crippen MR) is 101 cm³/mol. The Morgan fingerprint density at radius 3 is 2.63 bits per heavy atom. The summed E-state index contributed by atoms with van der Waals surface area (Å²) in [6.07, 6.45) is 11.6. The highest BCUT2D eigenvalue weighted by molar-refractivity contribution is 5.74. The monoisotopic (exact) mass is 371 g/mol. The normalized spacial score (nSPS) is 19.4. The highest BCUT2D eigenvalue weighted by Crippen LogP contribution is 2.27. The summed E-state index contributed by atoms with van der Waals surface area (Å²) in [5.74, 6) is 2.28. The van der Waals surface area contributed by atoms with Crippen LogP contribution < -0.4 is 5.32 Å². The van der Waals surface area contributed by atoms with Crippen LogP contribution in [0.1, 0.15) is 62.5 Å². The maximum atomic E-state index is 12.5. The van der Waals surface area contributed by atoms with E-state index in [1.807, 2.05) is 28.9 Å². The molecule has 0 bridgehead atoms. The molecule has 0 radical (unpaired) electrons. The molecule has 1 saturated heterocycles. The quantitative estimate of drug-likeness (QED) is 0.894. The number of amides is 2. The van der Waals surface area contributed by atoms with E-state index in [1.165, 1.54) is 19.3 Å². The van der Waals surface area contributed by atoms with Gasteiger partial charge < -0.3 is 14.8 Å². The van der Waals surface area contributed by atoms with Crippen LogP contribution in [0.4, 0.5) is 4.79 Å². The molecule has 2 aromatic rings. The smallest absolute Gasteiger partial charge is 0.317 e. The molecule has 8 heteroatoms. The van der Waals surface area contributed by atoms with E-state index in [0.717, 1.165) is 50.4 Å². The molecule has 2 fully saturated rings. The van der Waals surface area contributed by atoms with Crippen molar-refractivity contribution in [2.24, 2.45) is 7.05 Å². The van der Waals surface area contributed by atoms with Crippen molar-refractivity contribution in [3.8, 4) is 0 Å². The van der Waals surface area contributed by atoms with E-state index in [9.17, 15) is 4.79 Å². The van der Waals surface area contributed by atoms with E-state index >= 15 is 0 Å². The van der Waals surface area contributed by atoms with Gasteiger partial charge in [0.05, 0.1) is 0 Å². The molecule has 1 N–H and O–H groups in total. The van der Waals surface area contributed by atoms with Crippen LogP contribution in [0, 0.1) is 0 Å². The minimum Gasteiger partial charge on any atom is -0.335 e. The van der Waals surface area contributed by atoms with E-state index in [4.69, 9.17) is 0 Å². The fraction of sp³-hybridized carbons (Fsp3) is 0.684. The third-order valence-corrected chi connectivity index (χ3v) is 5.94. The topological polar surface area (TPSA) is 80.9 Å². The Balaban J connectivity index is 1.31. The van der Waals surface area contributed by atoms with Gasteiger partial charge in [-0.15, -0.1) is 10.2 Å². The van der Waals surface area contributed by atoms with Gasteiger partial charge in [0, 0.05) is 44.5 Å². The lowest BCUT2D eigenvalue weighted by Gasteiger charge is -2.33. The number of hydrogen-bond acceptors (Lipinski definition) is 4. The maximum Gasteiger partial charge on any atom is 0.317 e. The Kier molecular flexibility index (Phi) is 5.40. The minimum absolute atomic E-state index is 0.109. The van der Waals surface area contributed by atoms with Crippen LogP contribution in [-0.4, -0.2) is 54.6 Å². The summed E-state index contributed by atoms with van der Waals surface area (Å²) in [5.41, 5.74) is 0. The largest absolute Gasteiger partial charge is 0.335 e. The summed E-state index contributed by atoms with van der Waals surface area (Å²) in [4.78, 5) is 14.5. The van der Waals surface area contributed by atoms with Gasteiger partial charge in [-0.05, 0) is 31.7 Å². The second-order valence-electron chi connectivity index (χ2n) is 7.78. The van der Waals surface area contributed by atoms with Gasteiger partial charge in [0.1, 0.15) is 12.4 Å². The van der Waals surface area contributed by atoms with Gasteiger partial charge in [-0.1, -0.05) is 19.3 Å². The third kappa shape index (κ3) is 4.14. The SMILES string of the molecule is Cn1c(Cn2cccn2)nnc1C1CCN(C(=O)NC2CCCCC2)CC1. The summed E-state index contributed by atoms with van der Waals surface area (Å²) >= 11 is 0. The molecule has 0 spiro atoms. The van der Waals surface area contributed by atoms with Crippen LogP contribution in [0.2, 0.25) is 0 Å². The molecule has 1 aliphatic carbocycles. The molecule has 3 heterocycles. The van der Waals surface area contributed by atoms with Crippen molar-refractivity contribution < 1.29 is 4.79 Å². The number of rotatable bonds is 4. The lowest BCUT2D eigenvalue weighted by molar-refractivity contribution is 0.173. The van der Waals surface area contributed by atoms with Crippen molar-refractivity contribution in [3.05, 3.63) is 30.1 Å². The van der Waals surface area contributed by atoms with Gasteiger partial charge in [-0.2, -0.15) is 5.10 Å². The highest BCUT2D eigenvalue weighted by atomic mass is 16.2. The van der Waals surface area contributed by atoms with Crippen LogP contribution in [0.15, 0.2) is 18.5 Å². The summed E-state index contributed by atoms with van der Waals surface area (Å²) in [6.45, 7) is 2.19. The maximum absolute atomic E-state index is 12.5. The second kappa shape index (κ2) is 8.10. The number of hydrogen-bond donors (Lipinski definition) is 1. The number of aromatic nitrogens is 5. The first-order valence-electron chi connectivity index (χ1n) is 10.1. The second-order valence-corrected chi connectivity index (χ2v) is 7.78. The number of nitrogens with zero attached hydrogens (tertiary/aromatic N) is 6. The first-order chi connectivity index (χ1) is 13.2. The molecular weight excluding hydrogens is 342 g/mol. The minimum atomic E-state index is 0.109. The molecule has 0 unspecified atom stereocenters. The van der Waals surface area contributed by atoms with Crippen molar-refractivity contribution >= 4 is 6.03 Å². The molecule has 146 valence electrons. The Labute approximate surface area is 159 Å². The van der Waals surface area contributed by atoms with Gasteiger partial charge in [0.15, 0.2) is 5.82 Å². The molecule has 1 aliphatic heterocycles. The van der Waals surface area contributed by atoms with Gasteiger partial charge in [-0.3, -0.25) is 4.68 Å². The molecule has 27 heavy (non-hydrogen) atoms. The summed E-state index contributed by atoms with van der Waals surface area (Å²) in [6, 6.07) is 2.39. The zero-order chi connectivity index (χ0) is 18.6. The fourth-order valence-corrected chi connectivity index (χ4v) is 4.26. The number of piperidine rings is 1. The van der Waals surface area contributed by atoms with Crippen LogP contribution in [0.25, 0.3) is 0 Å².